The zero-order valence-corrected chi connectivity index (χ0v) is 17.7. The fraction of sp³-hybridized carbons (Fsp3) is 0.227. The molecular formula is C22H20N4O5S. The number of aromatic nitrogens is 2. The molecule has 4 rings (SSSR count). The van der Waals surface area contributed by atoms with Crippen molar-refractivity contribution in [3.05, 3.63) is 65.2 Å². The largest absolute Gasteiger partial charge is 0.478 e. The zero-order chi connectivity index (χ0) is 22.5. The van der Waals surface area contributed by atoms with E-state index in [1.165, 1.54) is 28.5 Å². The van der Waals surface area contributed by atoms with E-state index in [2.05, 4.69) is 15.3 Å². The van der Waals surface area contributed by atoms with Crippen LogP contribution < -0.4 is 5.32 Å². The fourth-order valence-electron chi connectivity index (χ4n) is 3.37. The molecule has 0 spiro atoms. The molecule has 0 unspecified atom stereocenters. The lowest BCUT2D eigenvalue weighted by Gasteiger charge is -2.22. The maximum absolute atomic E-state index is 12.8. The number of ether oxygens (including phenoxy) is 1. The molecule has 164 valence electrons. The molecule has 1 fully saturated rings. The van der Waals surface area contributed by atoms with E-state index in [0.717, 1.165) is 5.56 Å². The van der Waals surface area contributed by atoms with Gasteiger partial charge in [-0.05, 0) is 30.5 Å². The molecule has 1 aliphatic heterocycles. The summed E-state index contributed by atoms with van der Waals surface area (Å²) in [6.45, 7) is 0.600. The third-order valence-electron chi connectivity index (χ3n) is 5.00. The quantitative estimate of drug-likeness (QED) is 0.585. The number of benzene rings is 1. The Kier molecular flexibility index (Phi) is 6.41. The third kappa shape index (κ3) is 4.92. The predicted molar refractivity (Wildman–Crippen MR) is 117 cm³/mol. The van der Waals surface area contributed by atoms with Crippen molar-refractivity contribution in [3.8, 4) is 11.4 Å². The molecular weight excluding hydrogens is 432 g/mol. The van der Waals surface area contributed by atoms with Gasteiger partial charge in [-0.1, -0.05) is 30.3 Å². The maximum Gasteiger partial charge on any atom is 0.410 e. The molecule has 0 radical (unpaired) electrons. The molecule has 3 heterocycles. The van der Waals surface area contributed by atoms with Crippen LogP contribution in [0.2, 0.25) is 0 Å². The summed E-state index contributed by atoms with van der Waals surface area (Å²) in [6.07, 6.45) is 1.99. The highest BCUT2D eigenvalue weighted by molar-refractivity contribution is 7.14. The Balaban J connectivity index is 1.36. The highest BCUT2D eigenvalue weighted by atomic mass is 32.1. The van der Waals surface area contributed by atoms with Crippen LogP contribution in [-0.2, 0) is 16.1 Å². The lowest BCUT2D eigenvalue weighted by Crippen LogP contribution is -2.43. The van der Waals surface area contributed by atoms with Gasteiger partial charge in [-0.15, -0.1) is 11.3 Å². The Morgan fingerprint density at radius 1 is 1.16 bits per heavy atom. The number of nitrogens with zero attached hydrogens (tertiary/aromatic N) is 3. The number of rotatable bonds is 6. The minimum absolute atomic E-state index is 0.0815. The van der Waals surface area contributed by atoms with Crippen molar-refractivity contribution in [2.45, 2.75) is 25.5 Å². The summed E-state index contributed by atoms with van der Waals surface area (Å²) in [5.41, 5.74) is 1.98. The zero-order valence-electron chi connectivity index (χ0n) is 16.9. The van der Waals surface area contributed by atoms with Crippen LogP contribution in [0.4, 0.5) is 9.93 Å². The second-order valence-electron chi connectivity index (χ2n) is 7.16. The van der Waals surface area contributed by atoms with Crippen LogP contribution in [0.3, 0.4) is 0 Å². The second-order valence-corrected chi connectivity index (χ2v) is 8.01. The van der Waals surface area contributed by atoms with E-state index in [1.807, 2.05) is 30.3 Å². The first-order valence-corrected chi connectivity index (χ1v) is 10.8. The predicted octanol–water partition coefficient (Wildman–Crippen LogP) is 3.64. The SMILES string of the molecule is O=C(O)c1ccc(-c2csc(NC(=O)[C@@H]3CCCN3C(=O)OCc3ccccc3)n2)nc1. The molecule has 1 aromatic carbocycles. The highest BCUT2D eigenvalue weighted by Gasteiger charge is 2.35. The molecule has 10 heteroatoms. The summed E-state index contributed by atoms with van der Waals surface area (Å²) >= 11 is 1.23. The van der Waals surface area contributed by atoms with Gasteiger partial charge in [0.2, 0.25) is 5.91 Å². The van der Waals surface area contributed by atoms with E-state index in [9.17, 15) is 14.4 Å². The van der Waals surface area contributed by atoms with Crippen LogP contribution in [0.1, 0.15) is 28.8 Å². The number of anilines is 1. The van der Waals surface area contributed by atoms with Gasteiger partial charge in [-0.25, -0.2) is 14.6 Å². The number of carboxylic acids is 1. The Hall–Kier alpha value is -3.79. The smallest absolute Gasteiger partial charge is 0.410 e. The molecule has 2 amide bonds. The number of likely N-dealkylation sites (tertiary alicyclic amines) is 1. The van der Waals surface area contributed by atoms with Gasteiger partial charge in [0.1, 0.15) is 18.3 Å². The number of hydrogen-bond acceptors (Lipinski definition) is 7. The van der Waals surface area contributed by atoms with Crippen molar-refractivity contribution < 1.29 is 24.2 Å². The molecule has 1 saturated heterocycles. The van der Waals surface area contributed by atoms with Crippen LogP contribution in [0, 0.1) is 0 Å². The molecule has 3 aromatic rings. The van der Waals surface area contributed by atoms with E-state index in [0.29, 0.717) is 35.9 Å². The van der Waals surface area contributed by atoms with Crippen molar-refractivity contribution in [1.29, 1.82) is 0 Å². The fourth-order valence-corrected chi connectivity index (χ4v) is 4.08. The molecule has 0 saturated carbocycles. The van der Waals surface area contributed by atoms with Gasteiger partial charge in [0.15, 0.2) is 5.13 Å². The van der Waals surface area contributed by atoms with Gasteiger partial charge in [0, 0.05) is 18.1 Å². The number of hydrogen-bond donors (Lipinski definition) is 2. The number of aromatic carboxylic acids is 1. The number of carbonyl (C=O) groups excluding carboxylic acids is 2. The van der Waals surface area contributed by atoms with Crippen LogP contribution in [0.25, 0.3) is 11.4 Å². The average Bonchev–Trinajstić information content (AvgIpc) is 3.48. The number of nitrogens with one attached hydrogen (secondary N) is 1. The lowest BCUT2D eigenvalue weighted by atomic mass is 10.2. The minimum Gasteiger partial charge on any atom is -0.478 e. The monoisotopic (exact) mass is 452 g/mol. The van der Waals surface area contributed by atoms with E-state index >= 15 is 0 Å². The molecule has 0 aliphatic carbocycles. The summed E-state index contributed by atoms with van der Waals surface area (Å²) in [7, 11) is 0. The normalized spacial score (nSPS) is 15.4. The first-order chi connectivity index (χ1) is 15.5. The molecule has 1 aliphatic rings. The third-order valence-corrected chi connectivity index (χ3v) is 5.76. The summed E-state index contributed by atoms with van der Waals surface area (Å²) in [6, 6.07) is 11.7. The minimum atomic E-state index is -1.06. The summed E-state index contributed by atoms with van der Waals surface area (Å²) in [4.78, 5) is 46.2. The molecule has 0 bridgehead atoms. The van der Waals surface area contributed by atoms with Crippen molar-refractivity contribution >= 4 is 34.4 Å². The van der Waals surface area contributed by atoms with Gasteiger partial charge in [-0.2, -0.15) is 0 Å². The lowest BCUT2D eigenvalue weighted by molar-refractivity contribution is -0.120. The number of carbonyl (C=O) groups is 3. The Morgan fingerprint density at radius 3 is 2.69 bits per heavy atom. The topological polar surface area (TPSA) is 122 Å². The van der Waals surface area contributed by atoms with E-state index in [4.69, 9.17) is 9.84 Å². The molecule has 1 atom stereocenters. The van der Waals surface area contributed by atoms with Crippen molar-refractivity contribution in [2.24, 2.45) is 0 Å². The highest BCUT2D eigenvalue weighted by Crippen LogP contribution is 2.25. The second kappa shape index (κ2) is 9.56. The first-order valence-electron chi connectivity index (χ1n) is 9.94. The average molecular weight is 452 g/mol. The molecule has 2 aromatic heterocycles. The van der Waals surface area contributed by atoms with E-state index < -0.39 is 18.1 Å². The van der Waals surface area contributed by atoms with Gasteiger partial charge >= 0.3 is 12.1 Å². The molecule has 2 N–H and O–H groups in total. The number of pyridine rings is 1. The van der Waals surface area contributed by atoms with Crippen LogP contribution in [0.15, 0.2) is 54.0 Å². The van der Waals surface area contributed by atoms with Crippen molar-refractivity contribution in [3.63, 3.8) is 0 Å². The van der Waals surface area contributed by atoms with Gasteiger partial charge in [0.25, 0.3) is 0 Å². The summed E-state index contributed by atoms with van der Waals surface area (Å²) in [5.74, 6) is -1.38. The summed E-state index contributed by atoms with van der Waals surface area (Å²) < 4.78 is 5.37. The number of amides is 2. The van der Waals surface area contributed by atoms with Crippen molar-refractivity contribution in [2.75, 3.05) is 11.9 Å². The van der Waals surface area contributed by atoms with Gasteiger partial charge in [-0.3, -0.25) is 14.7 Å². The van der Waals surface area contributed by atoms with Crippen molar-refractivity contribution in [1.82, 2.24) is 14.9 Å². The Morgan fingerprint density at radius 2 is 1.97 bits per heavy atom. The number of thiazole rings is 1. The first kappa shape index (κ1) is 21.4. The van der Waals surface area contributed by atoms with E-state index in [1.54, 1.807) is 11.4 Å². The van der Waals surface area contributed by atoms with Crippen LogP contribution in [0.5, 0.6) is 0 Å². The summed E-state index contributed by atoms with van der Waals surface area (Å²) in [5, 5.41) is 13.8. The van der Waals surface area contributed by atoms with Crippen LogP contribution in [-0.4, -0.2) is 50.5 Å². The molecule has 9 nitrogen and oxygen atoms in total. The van der Waals surface area contributed by atoms with Gasteiger partial charge in [0.05, 0.1) is 11.3 Å². The van der Waals surface area contributed by atoms with Crippen LogP contribution >= 0.6 is 11.3 Å². The van der Waals surface area contributed by atoms with Gasteiger partial charge < -0.3 is 15.2 Å². The van der Waals surface area contributed by atoms with E-state index in [-0.39, 0.29) is 18.1 Å². The Labute approximate surface area is 187 Å². The molecule has 32 heavy (non-hydrogen) atoms. The maximum atomic E-state index is 12.8. The Bertz CT molecular complexity index is 1120. The number of carboxylic acid groups (broad SMARTS) is 1. The standard InChI is InChI=1S/C22H20N4O5S/c27-19(18-7-4-10-26(18)22(30)31-12-14-5-2-1-3-6-14)25-21-24-17(13-32-21)16-9-8-15(11-23-16)20(28)29/h1-3,5-6,8-9,11,13,18H,4,7,10,12H2,(H,28,29)(H,24,25,27)/t18-/m0/s1.